The van der Waals surface area contributed by atoms with Gasteiger partial charge in [0.05, 0.1) is 16.1 Å². The highest BCUT2D eigenvalue weighted by Gasteiger charge is 2.36. The van der Waals surface area contributed by atoms with Crippen molar-refractivity contribution in [1.29, 1.82) is 0 Å². The molecule has 1 aliphatic carbocycles. The molecule has 1 atom stereocenters. The van der Waals surface area contributed by atoms with Crippen molar-refractivity contribution in [1.82, 2.24) is 5.16 Å². The van der Waals surface area contributed by atoms with Crippen LogP contribution in [0.2, 0.25) is 5.02 Å². The Labute approximate surface area is 202 Å². The number of hydrogen-bond acceptors (Lipinski definition) is 7. The third-order valence-electron chi connectivity index (χ3n) is 5.01. The van der Waals surface area contributed by atoms with E-state index in [0.717, 1.165) is 5.56 Å². The smallest absolute Gasteiger partial charge is 0.257 e. The number of Topliss-reactive ketones (excluding diaryl/α,β-unsaturated/α-hetero) is 1. The van der Waals surface area contributed by atoms with E-state index in [4.69, 9.17) is 28.3 Å². The number of nitrogens with zero attached hydrogens (tertiary/aromatic N) is 1. The Hall–Kier alpha value is -2.82. The number of allylic oxidation sites excluding steroid dienone is 2. The molecular formula is C22H22ClN3O5S2. The molecule has 3 rings (SSSR count). The number of benzene rings is 1. The van der Waals surface area contributed by atoms with Crippen molar-refractivity contribution in [2.45, 2.75) is 39.9 Å². The van der Waals surface area contributed by atoms with Gasteiger partial charge >= 0.3 is 0 Å². The Morgan fingerprint density at radius 1 is 1.18 bits per heavy atom. The number of hydrogen-bond donors (Lipinski definition) is 2. The quantitative estimate of drug-likeness (QED) is 0.437. The maximum absolute atomic E-state index is 13.2. The minimum absolute atomic E-state index is 0.00898. The first-order valence-electron chi connectivity index (χ1n) is 9.83. The first-order valence-corrected chi connectivity index (χ1v) is 12.2. The van der Waals surface area contributed by atoms with Gasteiger partial charge in [-0.25, -0.2) is 13.1 Å². The lowest BCUT2D eigenvalue weighted by atomic mass is 9.97. The largest absolute Gasteiger partial charge is 0.336 e. The molecule has 1 unspecified atom stereocenters. The lowest BCUT2D eigenvalue weighted by molar-refractivity contribution is -0.112. The van der Waals surface area contributed by atoms with Crippen molar-refractivity contribution in [2.24, 2.45) is 0 Å². The fourth-order valence-corrected chi connectivity index (χ4v) is 5.53. The van der Waals surface area contributed by atoms with E-state index in [-0.39, 0.29) is 27.1 Å². The second-order valence-corrected chi connectivity index (χ2v) is 10.4. The molecule has 0 radical (unpaired) electrons. The number of halogens is 1. The molecule has 2 N–H and O–H groups in total. The van der Waals surface area contributed by atoms with Crippen LogP contribution in [0.3, 0.4) is 0 Å². The summed E-state index contributed by atoms with van der Waals surface area (Å²) in [6, 6.07) is 3.52. The minimum atomic E-state index is -4.16. The molecule has 1 aromatic heterocycles. The number of anilines is 2. The Bertz CT molecular complexity index is 1360. The minimum Gasteiger partial charge on any atom is -0.336 e. The number of ketones is 1. The van der Waals surface area contributed by atoms with Crippen molar-refractivity contribution in [3.63, 3.8) is 0 Å². The summed E-state index contributed by atoms with van der Waals surface area (Å²) < 4.78 is 33.3. The maximum atomic E-state index is 13.2. The van der Waals surface area contributed by atoms with Gasteiger partial charge in [0.15, 0.2) is 5.78 Å². The van der Waals surface area contributed by atoms with Crippen molar-refractivity contribution < 1.29 is 22.5 Å². The highest BCUT2D eigenvalue weighted by atomic mass is 35.5. The van der Waals surface area contributed by atoms with Crippen molar-refractivity contribution in [3.05, 3.63) is 62.8 Å². The van der Waals surface area contributed by atoms with Gasteiger partial charge in [0.25, 0.3) is 11.8 Å². The summed E-state index contributed by atoms with van der Waals surface area (Å²) in [4.78, 5) is 25.2. The lowest BCUT2D eigenvalue weighted by Crippen LogP contribution is -2.38. The van der Waals surface area contributed by atoms with E-state index in [2.05, 4.69) is 15.2 Å². The zero-order valence-corrected chi connectivity index (χ0v) is 21.0. The van der Waals surface area contributed by atoms with Crippen molar-refractivity contribution >= 4 is 62.0 Å². The summed E-state index contributed by atoms with van der Waals surface area (Å²) in [6.07, 6.45) is 2.93. The summed E-state index contributed by atoms with van der Waals surface area (Å²) >= 11 is 11.4. The van der Waals surface area contributed by atoms with Crippen LogP contribution in [0.25, 0.3) is 0 Å². The number of carbonyl (C=O) groups is 2. The molecule has 8 nitrogen and oxygen atoms in total. The molecule has 0 saturated heterocycles. The molecule has 11 heteroatoms. The highest BCUT2D eigenvalue weighted by molar-refractivity contribution is 7.96. The molecule has 33 heavy (non-hydrogen) atoms. The Balaban J connectivity index is 1.92. The second-order valence-electron chi connectivity index (χ2n) is 7.83. The van der Waals surface area contributed by atoms with Crippen molar-refractivity contribution in [2.75, 3.05) is 10.0 Å². The van der Waals surface area contributed by atoms with Crippen LogP contribution in [0.5, 0.6) is 0 Å². The lowest BCUT2D eigenvalue weighted by Gasteiger charge is -2.22. The van der Waals surface area contributed by atoms with Gasteiger partial charge in [-0.2, -0.15) is 0 Å². The SMILES string of the molecule is CC(=O)c1cc(C)cc(C)c1NC(=O)C1=CC(C)=CC(S(=O)(=O)Nc2onc(C)c2Cl)C1=S. The van der Waals surface area contributed by atoms with Gasteiger partial charge in [-0.3, -0.25) is 9.59 Å². The Kier molecular flexibility index (Phi) is 6.92. The number of nitrogens with one attached hydrogen (secondary N) is 2. The zero-order valence-electron chi connectivity index (χ0n) is 18.6. The molecule has 2 aromatic rings. The summed E-state index contributed by atoms with van der Waals surface area (Å²) in [6.45, 7) is 8.25. The van der Waals surface area contributed by atoms with Crippen LogP contribution in [0.15, 0.2) is 40.0 Å². The summed E-state index contributed by atoms with van der Waals surface area (Å²) in [7, 11) is -4.16. The van der Waals surface area contributed by atoms with Crippen LogP contribution in [0.1, 0.15) is 41.0 Å². The van der Waals surface area contributed by atoms with Gasteiger partial charge in [0, 0.05) is 5.56 Å². The third-order valence-corrected chi connectivity index (χ3v) is 7.59. The normalized spacial score (nSPS) is 16.2. The predicted molar refractivity (Wildman–Crippen MR) is 132 cm³/mol. The standard InChI is InChI=1S/C22H22ClN3O5S2/c1-10-6-12(3)19(15(7-10)14(5)27)24-21(28)16-8-11(2)9-17(20(16)32)33(29,30)26-22-18(23)13(4)25-31-22/h6-9,17,26H,1-5H3,(H,24,28). The van der Waals surface area contributed by atoms with E-state index in [9.17, 15) is 18.0 Å². The van der Waals surface area contributed by atoms with Crippen LogP contribution in [0, 0.1) is 20.8 Å². The first kappa shape index (κ1) is 24.8. The van der Waals surface area contributed by atoms with E-state index < -0.39 is 21.2 Å². The number of carbonyl (C=O) groups excluding carboxylic acids is 2. The van der Waals surface area contributed by atoms with Crippen LogP contribution >= 0.6 is 23.8 Å². The molecule has 0 spiro atoms. The van der Waals surface area contributed by atoms with Gasteiger partial charge in [-0.1, -0.05) is 46.7 Å². The number of aryl methyl sites for hydroxylation is 3. The second kappa shape index (κ2) is 9.20. The number of thiocarbonyl (C=S) groups is 1. The molecule has 0 aliphatic heterocycles. The monoisotopic (exact) mass is 507 g/mol. The molecule has 174 valence electrons. The summed E-state index contributed by atoms with van der Waals surface area (Å²) in [5.74, 6) is -1.06. The molecule has 1 aliphatic rings. The average Bonchev–Trinajstić information content (AvgIpc) is 3.02. The molecular weight excluding hydrogens is 486 g/mol. The van der Waals surface area contributed by atoms with Gasteiger partial charge in [-0.05, 0) is 57.9 Å². The molecule has 1 aromatic carbocycles. The fraction of sp³-hybridized carbons (Fsp3) is 0.273. The molecule has 1 amide bonds. The van der Waals surface area contributed by atoms with Crippen molar-refractivity contribution in [3.8, 4) is 0 Å². The topological polar surface area (TPSA) is 118 Å². The number of aromatic nitrogens is 1. The maximum Gasteiger partial charge on any atom is 0.257 e. The first-order chi connectivity index (χ1) is 15.3. The number of rotatable bonds is 6. The number of amides is 1. The van der Waals surface area contributed by atoms with Gasteiger partial charge in [-0.15, -0.1) is 0 Å². The Morgan fingerprint density at radius 2 is 1.85 bits per heavy atom. The molecule has 1 heterocycles. The molecule has 0 fully saturated rings. The summed E-state index contributed by atoms with van der Waals surface area (Å²) in [5, 5.41) is 5.06. The Morgan fingerprint density at radius 3 is 2.42 bits per heavy atom. The van der Waals surface area contributed by atoms with Crippen LogP contribution < -0.4 is 10.0 Å². The van der Waals surface area contributed by atoms with Crippen LogP contribution in [-0.2, 0) is 14.8 Å². The van der Waals surface area contributed by atoms with E-state index in [1.54, 1.807) is 26.8 Å². The zero-order chi connectivity index (χ0) is 24.7. The van der Waals surface area contributed by atoms with E-state index in [1.807, 2.05) is 13.0 Å². The molecule has 0 saturated carbocycles. The summed E-state index contributed by atoms with van der Waals surface area (Å²) in [5.41, 5.74) is 3.14. The molecule has 0 bridgehead atoms. The highest BCUT2D eigenvalue weighted by Crippen LogP contribution is 2.30. The fourth-order valence-electron chi connectivity index (χ4n) is 3.43. The predicted octanol–water partition coefficient (Wildman–Crippen LogP) is 4.46. The number of sulfonamides is 1. The van der Waals surface area contributed by atoms with Gasteiger partial charge in [0.1, 0.15) is 16.0 Å². The van der Waals surface area contributed by atoms with Gasteiger partial charge in [0.2, 0.25) is 10.0 Å². The van der Waals surface area contributed by atoms with E-state index in [1.165, 1.54) is 19.1 Å². The average molecular weight is 508 g/mol. The van der Waals surface area contributed by atoms with Crippen LogP contribution in [-0.4, -0.2) is 35.4 Å². The van der Waals surface area contributed by atoms with Gasteiger partial charge < -0.3 is 9.84 Å². The van der Waals surface area contributed by atoms with E-state index in [0.29, 0.717) is 28.1 Å². The third kappa shape index (κ3) is 5.07. The van der Waals surface area contributed by atoms with Crippen LogP contribution in [0.4, 0.5) is 11.6 Å². The van der Waals surface area contributed by atoms with E-state index >= 15 is 0 Å².